The largest absolute Gasteiger partial charge is 0.381 e. The zero-order valence-electron chi connectivity index (χ0n) is 17.6. The van der Waals surface area contributed by atoms with Gasteiger partial charge in [-0.2, -0.15) is 0 Å². The number of amides is 3. The standard InChI is InChI=1S/C20H38N2O4/c1-7-21-15-17(23)22(18(21)24)16-20(5,6)10-14-26-12-8-11-25-13-9-19(2,3)4/h7-16H2,1-6H3. The molecule has 0 aromatic heterocycles. The third-order valence-corrected chi connectivity index (χ3v) is 4.59. The quantitative estimate of drug-likeness (QED) is 0.389. The van der Waals surface area contributed by atoms with Crippen LogP contribution in [-0.2, 0) is 14.3 Å². The molecule has 1 heterocycles. The molecule has 0 saturated carbocycles. The molecule has 0 radical (unpaired) electrons. The van der Waals surface area contributed by atoms with Gasteiger partial charge in [-0.3, -0.25) is 9.69 Å². The number of likely N-dealkylation sites (N-methyl/N-ethyl adjacent to an activating group) is 1. The van der Waals surface area contributed by atoms with Crippen LogP contribution in [0.4, 0.5) is 4.79 Å². The number of hydrogen-bond donors (Lipinski definition) is 0. The monoisotopic (exact) mass is 370 g/mol. The van der Waals surface area contributed by atoms with Crippen molar-refractivity contribution in [3.05, 3.63) is 0 Å². The first kappa shape index (κ1) is 22.9. The number of rotatable bonds is 12. The van der Waals surface area contributed by atoms with Crippen molar-refractivity contribution in [2.45, 2.75) is 60.8 Å². The van der Waals surface area contributed by atoms with Gasteiger partial charge in [0.25, 0.3) is 0 Å². The van der Waals surface area contributed by atoms with Crippen LogP contribution in [0, 0.1) is 10.8 Å². The summed E-state index contributed by atoms with van der Waals surface area (Å²) < 4.78 is 11.3. The summed E-state index contributed by atoms with van der Waals surface area (Å²) >= 11 is 0. The lowest BCUT2D eigenvalue weighted by molar-refractivity contribution is -0.126. The van der Waals surface area contributed by atoms with E-state index in [1.165, 1.54) is 4.90 Å². The number of nitrogens with zero attached hydrogens (tertiary/aromatic N) is 2. The first-order valence-electron chi connectivity index (χ1n) is 9.80. The van der Waals surface area contributed by atoms with Crippen molar-refractivity contribution in [1.82, 2.24) is 9.80 Å². The van der Waals surface area contributed by atoms with Crippen LogP contribution in [0.5, 0.6) is 0 Å². The van der Waals surface area contributed by atoms with E-state index in [-0.39, 0.29) is 23.9 Å². The molecule has 0 unspecified atom stereocenters. The third kappa shape index (κ3) is 8.49. The predicted molar refractivity (Wildman–Crippen MR) is 103 cm³/mol. The highest BCUT2D eigenvalue weighted by atomic mass is 16.5. The Morgan fingerprint density at radius 1 is 0.923 bits per heavy atom. The van der Waals surface area contributed by atoms with E-state index in [9.17, 15) is 9.59 Å². The zero-order chi connectivity index (χ0) is 19.8. The van der Waals surface area contributed by atoms with Crippen molar-refractivity contribution in [2.75, 3.05) is 46.1 Å². The van der Waals surface area contributed by atoms with Crippen LogP contribution in [0.2, 0.25) is 0 Å². The number of imide groups is 1. The summed E-state index contributed by atoms with van der Waals surface area (Å²) in [5, 5.41) is 0. The molecule has 0 aliphatic carbocycles. The highest BCUT2D eigenvalue weighted by Crippen LogP contribution is 2.24. The zero-order valence-corrected chi connectivity index (χ0v) is 17.6. The molecule has 6 nitrogen and oxygen atoms in total. The first-order chi connectivity index (χ1) is 12.1. The summed E-state index contributed by atoms with van der Waals surface area (Å²) in [4.78, 5) is 27.1. The molecule has 0 bridgehead atoms. The number of carbonyl (C=O) groups excluding carboxylic acids is 2. The maximum Gasteiger partial charge on any atom is 0.327 e. The molecule has 3 amide bonds. The topological polar surface area (TPSA) is 59.1 Å². The average molecular weight is 371 g/mol. The molecule has 6 heteroatoms. The maximum atomic E-state index is 12.2. The Hall–Kier alpha value is -1.14. The second kappa shape index (κ2) is 10.3. The molecule has 1 saturated heterocycles. The van der Waals surface area contributed by atoms with Crippen molar-refractivity contribution in [2.24, 2.45) is 10.8 Å². The van der Waals surface area contributed by atoms with E-state index in [0.717, 1.165) is 32.5 Å². The Morgan fingerprint density at radius 2 is 1.50 bits per heavy atom. The number of hydrogen-bond acceptors (Lipinski definition) is 4. The van der Waals surface area contributed by atoms with Gasteiger partial charge in [-0.25, -0.2) is 4.79 Å². The summed E-state index contributed by atoms with van der Waals surface area (Å²) in [6.07, 6.45) is 2.76. The van der Waals surface area contributed by atoms with E-state index >= 15 is 0 Å². The van der Waals surface area contributed by atoms with Gasteiger partial charge in [0, 0.05) is 39.5 Å². The van der Waals surface area contributed by atoms with Gasteiger partial charge in [0.15, 0.2) is 0 Å². The van der Waals surface area contributed by atoms with Gasteiger partial charge in [0.05, 0.1) is 0 Å². The van der Waals surface area contributed by atoms with E-state index in [1.807, 2.05) is 6.92 Å². The van der Waals surface area contributed by atoms with Crippen LogP contribution in [0.25, 0.3) is 0 Å². The van der Waals surface area contributed by atoms with E-state index in [4.69, 9.17) is 9.47 Å². The Bertz CT molecular complexity index is 457. The SMILES string of the molecule is CCN1CC(=O)N(CC(C)(C)CCOCCCOCCC(C)(C)C)C1=O. The minimum absolute atomic E-state index is 0.0988. The van der Waals surface area contributed by atoms with E-state index in [0.29, 0.717) is 31.7 Å². The van der Waals surface area contributed by atoms with Crippen molar-refractivity contribution < 1.29 is 19.1 Å². The Morgan fingerprint density at radius 3 is 2.00 bits per heavy atom. The lowest BCUT2D eigenvalue weighted by Crippen LogP contribution is -2.40. The first-order valence-corrected chi connectivity index (χ1v) is 9.80. The molecule has 1 fully saturated rings. The fourth-order valence-corrected chi connectivity index (χ4v) is 2.70. The Balaban J connectivity index is 2.14. The number of urea groups is 1. The number of carbonyl (C=O) groups is 2. The molecule has 0 aromatic rings. The van der Waals surface area contributed by atoms with Gasteiger partial charge < -0.3 is 14.4 Å². The maximum absolute atomic E-state index is 12.2. The second-order valence-corrected chi connectivity index (χ2v) is 9.08. The smallest absolute Gasteiger partial charge is 0.327 e. The summed E-state index contributed by atoms with van der Waals surface area (Å²) in [5.74, 6) is -0.0988. The van der Waals surface area contributed by atoms with Gasteiger partial charge in [-0.15, -0.1) is 0 Å². The summed E-state index contributed by atoms with van der Waals surface area (Å²) in [5.41, 5.74) is 0.159. The molecular formula is C20H38N2O4. The highest BCUT2D eigenvalue weighted by Gasteiger charge is 2.38. The van der Waals surface area contributed by atoms with E-state index in [2.05, 4.69) is 34.6 Å². The molecule has 1 aliphatic heterocycles. The lowest BCUT2D eigenvalue weighted by Gasteiger charge is -2.29. The highest BCUT2D eigenvalue weighted by molar-refractivity contribution is 6.02. The van der Waals surface area contributed by atoms with Gasteiger partial charge in [-0.1, -0.05) is 34.6 Å². The minimum atomic E-state index is -0.168. The van der Waals surface area contributed by atoms with Gasteiger partial charge in [0.1, 0.15) is 6.54 Å². The summed E-state index contributed by atoms with van der Waals surface area (Å²) in [6, 6.07) is -0.168. The fourth-order valence-electron chi connectivity index (χ4n) is 2.70. The summed E-state index contributed by atoms with van der Waals surface area (Å²) in [6.45, 7) is 16.7. The van der Waals surface area contributed by atoms with Crippen molar-refractivity contribution in [3.63, 3.8) is 0 Å². The van der Waals surface area contributed by atoms with Crippen LogP contribution in [0.3, 0.4) is 0 Å². The van der Waals surface area contributed by atoms with Crippen molar-refractivity contribution in [3.8, 4) is 0 Å². The molecule has 1 aliphatic rings. The normalized spacial score (nSPS) is 16.1. The molecule has 152 valence electrons. The van der Waals surface area contributed by atoms with Gasteiger partial charge in [-0.05, 0) is 37.0 Å². The third-order valence-electron chi connectivity index (χ3n) is 4.59. The lowest BCUT2D eigenvalue weighted by atomic mass is 9.89. The fraction of sp³-hybridized carbons (Fsp3) is 0.900. The molecule has 0 aromatic carbocycles. The van der Waals surface area contributed by atoms with Crippen LogP contribution < -0.4 is 0 Å². The van der Waals surface area contributed by atoms with E-state index < -0.39 is 0 Å². The van der Waals surface area contributed by atoms with Crippen LogP contribution in [-0.4, -0.2) is 67.8 Å². The van der Waals surface area contributed by atoms with Crippen molar-refractivity contribution >= 4 is 11.9 Å². The van der Waals surface area contributed by atoms with Gasteiger partial charge in [0.2, 0.25) is 5.91 Å². The Kier molecular flexibility index (Phi) is 9.04. The second-order valence-electron chi connectivity index (χ2n) is 9.08. The number of ether oxygens (including phenoxy) is 2. The summed E-state index contributed by atoms with van der Waals surface area (Å²) in [7, 11) is 0. The predicted octanol–water partition coefficient (Wildman–Crippen LogP) is 3.55. The molecular weight excluding hydrogens is 332 g/mol. The molecule has 1 rings (SSSR count). The Labute approximate surface area is 159 Å². The molecule has 0 N–H and O–H groups in total. The van der Waals surface area contributed by atoms with Gasteiger partial charge >= 0.3 is 6.03 Å². The van der Waals surface area contributed by atoms with Crippen LogP contribution >= 0.6 is 0 Å². The van der Waals surface area contributed by atoms with E-state index in [1.54, 1.807) is 4.90 Å². The molecule has 0 atom stereocenters. The minimum Gasteiger partial charge on any atom is -0.381 e. The van der Waals surface area contributed by atoms with Crippen LogP contribution in [0.15, 0.2) is 0 Å². The molecule has 26 heavy (non-hydrogen) atoms. The van der Waals surface area contributed by atoms with Crippen LogP contribution in [0.1, 0.15) is 60.8 Å². The average Bonchev–Trinajstić information content (AvgIpc) is 2.79. The molecule has 0 spiro atoms. The van der Waals surface area contributed by atoms with Crippen molar-refractivity contribution in [1.29, 1.82) is 0 Å².